The van der Waals surface area contributed by atoms with Crippen LogP contribution in [0.4, 0.5) is 4.39 Å². The Bertz CT molecular complexity index is 777. The van der Waals surface area contributed by atoms with Crippen LogP contribution in [0.3, 0.4) is 0 Å². The van der Waals surface area contributed by atoms with Crippen LogP contribution in [0.15, 0.2) is 30.6 Å². The van der Waals surface area contributed by atoms with E-state index in [1.165, 1.54) is 12.3 Å². The number of hydrogen-bond donors (Lipinski definition) is 1. The number of carbonyl (C=O) groups excluding carboxylic acids is 1. The zero-order valence-corrected chi connectivity index (χ0v) is 14.7. The van der Waals surface area contributed by atoms with E-state index in [2.05, 4.69) is 14.9 Å². The Balaban J connectivity index is 0.000000758. The highest BCUT2D eigenvalue weighted by molar-refractivity contribution is 5.92. The summed E-state index contributed by atoms with van der Waals surface area (Å²) in [7, 11) is 2.04. The van der Waals surface area contributed by atoms with Gasteiger partial charge >= 0.3 is 0 Å². The maximum atomic E-state index is 13.4. The van der Waals surface area contributed by atoms with Gasteiger partial charge in [-0.05, 0) is 37.7 Å². The minimum Gasteiger partial charge on any atom is -0.483 e. The molecule has 2 aromatic rings. The molecule has 0 saturated carbocycles. The summed E-state index contributed by atoms with van der Waals surface area (Å²) in [6, 6.07) is 4.77. The van der Waals surface area contributed by atoms with E-state index in [4.69, 9.17) is 9.90 Å². The number of rotatable bonds is 2. The van der Waals surface area contributed by atoms with Crippen molar-refractivity contribution in [3.8, 4) is 11.3 Å². The fourth-order valence-corrected chi connectivity index (χ4v) is 2.58. The topological polar surface area (TPSA) is 86.6 Å². The van der Waals surface area contributed by atoms with Crippen LogP contribution in [-0.2, 0) is 4.79 Å². The highest BCUT2D eigenvalue weighted by Crippen LogP contribution is 2.20. The quantitative estimate of drug-likeness (QED) is 0.820. The maximum Gasteiger partial charge on any atom is 0.290 e. The molecule has 0 spiro atoms. The number of aromatic nitrogens is 2. The van der Waals surface area contributed by atoms with Crippen molar-refractivity contribution in [3.63, 3.8) is 0 Å². The van der Waals surface area contributed by atoms with Crippen molar-refractivity contribution < 1.29 is 19.1 Å². The lowest BCUT2D eigenvalue weighted by Gasteiger charge is -2.32. The van der Waals surface area contributed by atoms with Crippen molar-refractivity contribution in [1.29, 1.82) is 0 Å². The highest BCUT2D eigenvalue weighted by Gasteiger charge is 2.22. The van der Waals surface area contributed by atoms with Crippen LogP contribution in [0.1, 0.15) is 16.1 Å². The van der Waals surface area contributed by atoms with Crippen LogP contribution in [0, 0.1) is 12.7 Å². The minimum atomic E-state index is -0.258. The summed E-state index contributed by atoms with van der Waals surface area (Å²) in [6.45, 7) is 4.55. The zero-order chi connectivity index (χ0) is 19.1. The van der Waals surface area contributed by atoms with Crippen molar-refractivity contribution in [2.75, 3.05) is 33.2 Å². The second-order valence-corrected chi connectivity index (χ2v) is 5.95. The van der Waals surface area contributed by atoms with Gasteiger partial charge in [0, 0.05) is 31.7 Å². The predicted molar refractivity (Wildman–Crippen MR) is 94.3 cm³/mol. The molecule has 1 aromatic carbocycles. The van der Waals surface area contributed by atoms with Crippen LogP contribution in [-0.4, -0.2) is 70.5 Å². The number of hydrogen-bond acceptors (Lipinski definition) is 5. The Kier molecular flexibility index (Phi) is 6.74. The fourth-order valence-electron chi connectivity index (χ4n) is 2.58. The number of carbonyl (C=O) groups is 2. The Hall–Kier alpha value is -2.87. The maximum absolute atomic E-state index is 13.4. The molecular weight excluding hydrogens is 339 g/mol. The average molecular weight is 360 g/mol. The van der Waals surface area contributed by atoms with Gasteiger partial charge in [-0.15, -0.1) is 0 Å². The largest absolute Gasteiger partial charge is 0.483 e. The number of piperazine rings is 1. The first-order chi connectivity index (χ1) is 12.5. The lowest BCUT2D eigenvalue weighted by molar-refractivity contribution is -0.122. The number of aryl methyl sites for hydroxylation is 1. The lowest BCUT2D eigenvalue weighted by Crippen LogP contribution is -2.47. The van der Waals surface area contributed by atoms with Gasteiger partial charge in [-0.3, -0.25) is 14.6 Å². The van der Waals surface area contributed by atoms with E-state index in [1.54, 1.807) is 30.2 Å². The monoisotopic (exact) mass is 360 g/mol. The molecule has 0 radical (unpaired) electrons. The molecule has 1 saturated heterocycles. The number of likely N-dealkylation sites (N-methyl/N-ethyl adjacent to an activating group) is 1. The van der Waals surface area contributed by atoms with Crippen LogP contribution in [0.5, 0.6) is 0 Å². The van der Waals surface area contributed by atoms with E-state index in [9.17, 15) is 9.18 Å². The number of benzene rings is 1. The van der Waals surface area contributed by atoms with E-state index in [0.717, 1.165) is 18.7 Å². The molecule has 1 N–H and O–H groups in total. The fraction of sp³-hybridized carbons (Fsp3) is 0.333. The molecule has 0 atom stereocenters. The van der Waals surface area contributed by atoms with Gasteiger partial charge in [0.1, 0.15) is 11.5 Å². The number of halogens is 1. The first-order valence-electron chi connectivity index (χ1n) is 8.10. The molecule has 1 aliphatic rings. The summed E-state index contributed by atoms with van der Waals surface area (Å²) in [5.74, 6) is -0.363. The van der Waals surface area contributed by atoms with Crippen LogP contribution >= 0.6 is 0 Å². The summed E-state index contributed by atoms with van der Waals surface area (Å²) in [5.41, 5.74) is 2.20. The molecule has 8 heteroatoms. The molecule has 1 aliphatic heterocycles. The molecule has 0 aliphatic carbocycles. The second-order valence-electron chi connectivity index (χ2n) is 5.95. The van der Waals surface area contributed by atoms with Gasteiger partial charge in [-0.1, -0.05) is 0 Å². The molecule has 2 heterocycles. The summed E-state index contributed by atoms with van der Waals surface area (Å²) in [4.78, 5) is 33.4. The number of amides is 1. The molecule has 3 rings (SSSR count). The molecule has 26 heavy (non-hydrogen) atoms. The van der Waals surface area contributed by atoms with E-state index in [-0.39, 0.29) is 18.2 Å². The Morgan fingerprint density at radius 1 is 1.23 bits per heavy atom. The van der Waals surface area contributed by atoms with Gasteiger partial charge in [0.2, 0.25) is 0 Å². The van der Waals surface area contributed by atoms with E-state index in [1.807, 2.05) is 7.05 Å². The third-order valence-electron chi connectivity index (χ3n) is 4.10. The summed E-state index contributed by atoms with van der Waals surface area (Å²) in [6.07, 6.45) is 3.08. The predicted octanol–water partition coefficient (Wildman–Crippen LogP) is 1.68. The average Bonchev–Trinajstić information content (AvgIpc) is 2.65. The Morgan fingerprint density at radius 3 is 2.50 bits per heavy atom. The lowest BCUT2D eigenvalue weighted by atomic mass is 10.1. The molecule has 0 unspecified atom stereocenters. The summed E-state index contributed by atoms with van der Waals surface area (Å²) in [5, 5.41) is 6.89. The normalized spacial score (nSPS) is 14.3. The number of nitrogens with zero attached hydrogens (tertiary/aromatic N) is 4. The van der Waals surface area contributed by atoms with Crippen LogP contribution < -0.4 is 0 Å². The molecule has 7 nitrogen and oxygen atoms in total. The molecule has 0 bridgehead atoms. The van der Waals surface area contributed by atoms with Gasteiger partial charge in [0.05, 0.1) is 18.1 Å². The van der Waals surface area contributed by atoms with Crippen molar-refractivity contribution in [3.05, 3.63) is 47.7 Å². The van der Waals surface area contributed by atoms with Gasteiger partial charge in [0.25, 0.3) is 12.4 Å². The molecule has 138 valence electrons. The third-order valence-corrected chi connectivity index (χ3v) is 4.10. The second kappa shape index (κ2) is 9.00. The van der Waals surface area contributed by atoms with Crippen molar-refractivity contribution in [2.24, 2.45) is 0 Å². The first kappa shape index (κ1) is 19.5. The van der Waals surface area contributed by atoms with Crippen molar-refractivity contribution >= 4 is 12.4 Å². The Labute approximate surface area is 151 Å². The van der Waals surface area contributed by atoms with Crippen LogP contribution in [0.25, 0.3) is 11.3 Å². The smallest absolute Gasteiger partial charge is 0.290 e. The van der Waals surface area contributed by atoms with Gasteiger partial charge in [-0.25, -0.2) is 9.37 Å². The first-order valence-corrected chi connectivity index (χ1v) is 8.10. The summed E-state index contributed by atoms with van der Waals surface area (Å²) < 4.78 is 13.4. The molecular formula is C18H21FN4O3. The zero-order valence-electron chi connectivity index (χ0n) is 14.7. The van der Waals surface area contributed by atoms with Crippen LogP contribution in [0.2, 0.25) is 0 Å². The van der Waals surface area contributed by atoms with E-state index < -0.39 is 0 Å². The van der Waals surface area contributed by atoms with Crippen molar-refractivity contribution in [1.82, 2.24) is 19.8 Å². The van der Waals surface area contributed by atoms with E-state index in [0.29, 0.717) is 30.0 Å². The SMILES string of the molecule is Cc1cc(-c2cncc(C(=O)N3CCN(C)CC3)n2)ccc1F.O=CO. The minimum absolute atomic E-state index is 0.105. The van der Waals surface area contributed by atoms with E-state index >= 15 is 0 Å². The molecule has 1 aromatic heterocycles. The summed E-state index contributed by atoms with van der Waals surface area (Å²) >= 11 is 0. The Morgan fingerprint density at radius 2 is 1.88 bits per heavy atom. The number of carboxylic acid groups (broad SMARTS) is 1. The molecule has 1 amide bonds. The van der Waals surface area contributed by atoms with Crippen molar-refractivity contribution in [2.45, 2.75) is 6.92 Å². The standard InChI is InChI=1S/C17H19FN4O.CH2O2/c1-12-9-13(3-4-14(12)18)15-10-19-11-16(20-15)17(23)22-7-5-21(2)6-8-22;2-1-3/h3-4,9-11H,5-8H2,1-2H3;1H,(H,2,3). The highest BCUT2D eigenvalue weighted by atomic mass is 19.1. The van der Waals surface area contributed by atoms with Gasteiger partial charge < -0.3 is 14.9 Å². The van der Waals surface area contributed by atoms with Gasteiger partial charge in [0.15, 0.2) is 0 Å². The van der Waals surface area contributed by atoms with Gasteiger partial charge in [-0.2, -0.15) is 0 Å². The third kappa shape index (κ3) is 4.82. The molecule has 1 fully saturated rings.